The number of ether oxygens (including phenoxy) is 1. The van der Waals surface area contributed by atoms with Crippen LogP contribution in [0.3, 0.4) is 0 Å². The molecule has 2 aromatic rings. The van der Waals surface area contributed by atoms with Crippen LogP contribution in [0, 0.1) is 0 Å². The summed E-state index contributed by atoms with van der Waals surface area (Å²) in [6, 6.07) is 8.33. The maximum Gasteiger partial charge on any atom is 0.356 e. The molecule has 0 bridgehead atoms. The van der Waals surface area contributed by atoms with E-state index in [2.05, 4.69) is 10.4 Å². The van der Waals surface area contributed by atoms with Crippen molar-refractivity contribution in [1.29, 1.82) is 0 Å². The fourth-order valence-electron chi connectivity index (χ4n) is 2.13. The largest absolute Gasteiger partial charge is 0.464 e. The van der Waals surface area contributed by atoms with Crippen LogP contribution in [0.15, 0.2) is 30.3 Å². The summed E-state index contributed by atoms with van der Waals surface area (Å²) in [6.07, 6.45) is 0. The Bertz CT molecular complexity index is 712. The van der Waals surface area contributed by atoms with Gasteiger partial charge in [-0.1, -0.05) is 29.8 Å². The molecule has 0 aliphatic heterocycles. The zero-order valence-corrected chi connectivity index (χ0v) is 13.2. The molecule has 0 saturated heterocycles. The highest BCUT2D eigenvalue weighted by atomic mass is 35.5. The number of rotatable bonds is 4. The second-order valence-electron chi connectivity index (χ2n) is 4.63. The molecule has 1 heterocycles. The summed E-state index contributed by atoms with van der Waals surface area (Å²) >= 11 is 6.19. The van der Waals surface area contributed by atoms with Gasteiger partial charge in [0, 0.05) is 18.1 Å². The minimum Gasteiger partial charge on any atom is -0.464 e. The van der Waals surface area contributed by atoms with Gasteiger partial charge in [0.1, 0.15) is 5.69 Å². The molecule has 1 aromatic carbocycles. The fourth-order valence-corrected chi connectivity index (χ4v) is 2.43. The Labute approximate surface area is 133 Å². The second kappa shape index (κ2) is 6.62. The first-order chi connectivity index (χ1) is 10.5. The Morgan fingerprint density at radius 1 is 1.36 bits per heavy atom. The Kier molecular flexibility index (Phi) is 4.82. The van der Waals surface area contributed by atoms with Crippen LogP contribution in [0.2, 0.25) is 5.02 Å². The molecule has 0 radical (unpaired) electrons. The van der Waals surface area contributed by atoms with Gasteiger partial charge >= 0.3 is 5.97 Å². The van der Waals surface area contributed by atoms with Gasteiger partial charge in [0.2, 0.25) is 0 Å². The average Bonchev–Trinajstić information content (AvgIpc) is 2.98. The van der Waals surface area contributed by atoms with Crippen molar-refractivity contribution in [3.63, 3.8) is 0 Å². The van der Waals surface area contributed by atoms with Crippen LogP contribution in [0.25, 0.3) is 0 Å². The summed E-state index contributed by atoms with van der Waals surface area (Å²) in [7, 11) is 2.77. The van der Waals surface area contributed by atoms with E-state index in [1.807, 2.05) is 25.1 Å². The predicted molar refractivity (Wildman–Crippen MR) is 82.2 cm³/mol. The molecule has 0 saturated carbocycles. The maximum atomic E-state index is 11.9. The molecule has 0 aliphatic rings. The number of esters is 1. The monoisotopic (exact) mass is 321 g/mol. The molecule has 1 N–H and O–H groups in total. The summed E-state index contributed by atoms with van der Waals surface area (Å²) in [6.45, 7) is 1.84. The van der Waals surface area contributed by atoms with Crippen LogP contribution in [0.1, 0.15) is 39.5 Å². The van der Waals surface area contributed by atoms with E-state index in [9.17, 15) is 9.59 Å². The molecule has 7 heteroatoms. The Morgan fingerprint density at radius 3 is 2.64 bits per heavy atom. The van der Waals surface area contributed by atoms with Crippen molar-refractivity contribution in [2.45, 2.75) is 13.0 Å². The van der Waals surface area contributed by atoms with Gasteiger partial charge in [0.05, 0.1) is 13.2 Å². The quantitative estimate of drug-likeness (QED) is 0.877. The first-order valence-electron chi connectivity index (χ1n) is 6.64. The van der Waals surface area contributed by atoms with E-state index >= 15 is 0 Å². The Balaban J connectivity index is 2.53. The summed E-state index contributed by atoms with van der Waals surface area (Å²) in [5, 5.41) is 7.25. The van der Waals surface area contributed by atoms with E-state index in [0.717, 1.165) is 5.56 Å². The number of hydrogen-bond acceptors (Lipinski definition) is 4. The van der Waals surface area contributed by atoms with E-state index in [4.69, 9.17) is 16.3 Å². The number of benzene rings is 1. The van der Waals surface area contributed by atoms with Crippen molar-refractivity contribution >= 4 is 23.5 Å². The molecule has 1 aromatic heterocycles. The van der Waals surface area contributed by atoms with Gasteiger partial charge in [-0.25, -0.2) is 4.79 Å². The van der Waals surface area contributed by atoms with Gasteiger partial charge in [-0.2, -0.15) is 5.10 Å². The first kappa shape index (κ1) is 16.0. The van der Waals surface area contributed by atoms with Crippen LogP contribution >= 0.6 is 11.6 Å². The number of hydrogen-bond donors (Lipinski definition) is 1. The molecule has 22 heavy (non-hydrogen) atoms. The van der Waals surface area contributed by atoms with Crippen molar-refractivity contribution < 1.29 is 14.3 Å². The van der Waals surface area contributed by atoms with Crippen molar-refractivity contribution in [1.82, 2.24) is 15.1 Å². The molecule has 1 amide bonds. The highest BCUT2D eigenvalue weighted by molar-refractivity contribution is 6.31. The number of nitrogens with zero attached hydrogens (tertiary/aromatic N) is 2. The lowest BCUT2D eigenvalue weighted by atomic mass is 10.1. The van der Waals surface area contributed by atoms with Crippen LogP contribution in [0.5, 0.6) is 0 Å². The maximum absolute atomic E-state index is 11.9. The summed E-state index contributed by atoms with van der Waals surface area (Å²) < 4.78 is 6.20. The molecule has 0 unspecified atom stereocenters. The van der Waals surface area contributed by atoms with E-state index in [0.29, 0.717) is 5.02 Å². The lowest BCUT2D eigenvalue weighted by Crippen LogP contribution is -2.20. The zero-order chi connectivity index (χ0) is 16.3. The lowest BCUT2D eigenvalue weighted by molar-refractivity contribution is 0.0585. The minimum absolute atomic E-state index is 0.141. The lowest BCUT2D eigenvalue weighted by Gasteiger charge is -2.16. The SMILES string of the molecule is CNC(=O)c1cc(C(=O)OC)n([C@@H](C)c2ccccc2Cl)n1. The fraction of sp³-hybridized carbons (Fsp3) is 0.267. The molecule has 0 spiro atoms. The topological polar surface area (TPSA) is 73.2 Å². The molecular formula is C15H16ClN3O3. The smallest absolute Gasteiger partial charge is 0.356 e. The van der Waals surface area contributed by atoms with Crippen LogP contribution in [0.4, 0.5) is 0 Å². The van der Waals surface area contributed by atoms with Gasteiger partial charge in [0.25, 0.3) is 5.91 Å². The molecule has 1 atom stereocenters. The zero-order valence-electron chi connectivity index (χ0n) is 12.5. The number of nitrogens with one attached hydrogen (secondary N) is 1. The van der Waals surface area contributed by atoms with Gasteiger partial charge in [0.15, 0.2) is 5.69 Å². The van der Waals surface area contributed by atoms with Gasteiger partial charge in [-0.3, -0.25) is 9.48 Å². The third kappa shape index (κ3) is 2.96. The molecular weight excluding hydrogens is 306 g/mol. The number of halogens is 1. The molecule has 0 aliphatic carbocycles. The summed E-state index contributed by atoms with van der Waals surface area (Å²) in [4.78, 5) is 23.7. The number of amides is 1. The third-order valence-corrected chi connectivity index (χ3v) is 3.66. The van der Waals surface area contributed by atoms with Gasteiger partial charge in [-0.15, -0.1) is 0 Å². The Hall–Kier alpha value is -2.34. The summed E-state index contributed by atoms with van der Waals surface area (Å²) in [5.74, 6) is -0.947. The average molecular weight is 322 g/mol. The third-order valence-electron chi connectivity index (χ3n) is 3.31. The summed E-state index contributed by atoms with van der Waals surface area (Å²) in [5.41, 5.74) is 1.12. The first-order valence-corrected chi connectivity index (χ1v) is 7.01. The minimum atomic E-state index is -0.568. The highest BCUT2D eigenvalue weighted by Crippen LogP contribution is 2.26. The number of carbonyl (C=O) groups excluding carboxylic acids is 2. The van der Waals surface area contributed by atoms with Crippen molar-refractivity contribution in [2.24, 2.45) is 0 Å². The molecule has 0 fully saturated rings. The van der Waals surface area contributed by atoms with Crippen LogP contribution in [-0.2, 0) is 4.74 Å². The van der Waals surface area contributed by atoms with Crippen molar-refractivity contribution in [2.75, 3.05) is 14.2 Å². The molecule has 116 valence electrons. The van der Waals surface area contributed by atoms with Gasteiger partial charge in [-0.05, 0) is 18.6 Å². The standard InChI is InChI=1S/C15H16ClN3O3/c1-9(10-6-4-5-7-11(10)16)19-13(15(21)22-3)8-12(18-19)14(20)17-2/h4-9H,1-3H3,(H,17,20)/t9-/m0/s1. The van der Waals surface area contributed by atoms with Crippen molar-refractivity contribution in [3.05, 3.63) is 52.3 Å². The van der Waals surface area contributed by atoms with Gasteiger partial charge < -0.3 is 10.1 Å². The van der Waals surface area contributed by atoms with Crippen LogP contribution < -0.4 is 5.32 Å². The number of aromatic nitrogens is 2. The van der Waals surface area contributed by atoms with Crippen LogP contribution in [-0.4, -0.2) is 35.8 Å². The second-order valence-corrected chi connectivity index (χ2v) is 5.03. The molecule has 6 nitrogen and oxygen atoms in total. The normalized spacial score (nSPS) is 11.8. The number of carbonyl (C=O) groups is 2. The molecule has 2 rings (SSSR count). The van der Waals surface area contributed by atoms with E-state index in [-0.39, 0.29) is 23.3 Å². The van der Waals surface area contributed by atoms with E-state index in [1.165, 1.54) is 24.9 Å². The Morgan fingerprint density at radius 2 is 2.05 bits per heavy atom. The van der Waals surface area contributed by atoms with Crippen molar-refractivity contribution in [3.8, 4) is 0 Å². The van der Waals surface area contributed by atoms with E-state index < -0.39 is 5.97 Å². The number of methoxy groups -OCH3 is 1. The highest BCUT2D eigenvalue weighted by Gasteiger charge is 2.23. The predicted octanol–water partition coefficient (Wildman–Crippen LogP) is 2.29. The van der Waals surface area contributed by atoms with E-state index in [1.54, 1.807) is 6.07 Å².